The molecule has 0 aliphatic rings. The smallest absolute Gasteiger partial charge is 0.152 e. The van der Waals surface area contributed by atoms with Gasteiger partial charge >= 0.3 is 0 Å². The highest BCUT2D eigenvalue weighted by Crippen LogP contribution is 2.13. The van der Waals surface area contributed by atoms with Gasteiger partial charge in [0, 0.05) is 5.92 Å². The molecule has 1 aromatic carbocycles. The number of hydrogen-bond donors (Lipinski definition) is 1. The first-order valence-electron chi connectivity index (χ1n) is 3.20. The van der Waals surface area contributed by atoms with Crippen molar-refractivity contribution in [1.82, 2.24) is 0 Å². The normalized spacial score (nSPS) is 8.00. The molecule has 2 nitrogen and oxygen atoms in total. The summed E-state index contributed by atoms with van der Waals surface area (Å²) in [6.07, 6.45) is 0. The number of nitrogen functional groups attached to an aromatic ring is 1. The van der Waals surface area contributed by atoms with Crippen molar-refractivity contribution in [2.24, 2.45) is 0 Å². The Morgan fingerprint density at radius 2 is 2.17 bits per heavy atom. The van der Waals surface area contributed by atoms with Crippen molar-refractivity contribution in [2.45, 2.75) is 0 Å². The van der Waals surface area contributed by atoms with Gasteiger partial charge in [-0.05, 0) is 18.1 Å². The van der Waals surface area contributed by atoms with Gasteiger partial charge in [-0.1, -0.05) is 6.07 Å². The van der Waals surface area contributed by atoms with Crippen LogP contribution in [0.4, 0.5) is 10.1 Å². The highest BCUT2D eigenvalue weighted by Gasteiger charge is 2.00. The summed E-state index contributed by atoms with van der Waals surface area (Å²) in [5, 5.41) is 8.12. The van der Waals surface area contributed by atoms with Gasteiger partial charge in [-0.3, -0.25) is 0 Å². The molecular weight excluding hydrogens is 155 g/mol. The first-order valence-corrected chi connectivity index (χ1v) is 3.20. The fourth-order valence-corrected chi connectivity index (χ4v) is 0.763. The van der Waals surface area contributed by atoms with Crippen LogP contribution in [-0.4, -0.2) is 0 Å². The second-order valence-electron chi connectivity index (χ2n) is 2.07. The van der Waals surface area contributed by atoms with Crippen LogP contribution in [0.2, 0.25) is 0 Å². The van der Waals surface area contributed by atoms with Gasteiger partial charge in [-0.15, -0.1) is 0 Å². The Morgan fingerprint density at radius 1 is 1.42 bits per heavy atom. The van der Waals surface area contributed by atoms with E-state index in [1.54, 1.807) is 6.07 Å². The lowest BCUT2D eigenvalue weighted by atomic mass is 10.2. The second-order valence-corrected chi connectivity index (χ2v) is 2.07. The lowest BCUT2D eigenvalue weighted by Gasteiger charge is -1.96. The molecule has 0 aliphatic carbocycles. The van der Waals surface area contributed by atoms with Gasteiger partial charge < -0.3 is 5.73 Å². The van der Waals surface area contributed by atoms with Crippen LogP contribution in [0.5, 0.6) is 0 Å². The molecule has 0 fully saturated rings. The van der Waals surface area contributed by atoms with E-state index in [-0.39, 0.29) is 11.3 Å². The molecule has 12 heavy (non-hydrogen) atoms. The summed E-state index contributed by atoms with van der Waals surface area (Å²) < 4.78 is 12.9. The van der Waals surface area contributed by atoms with Crippen molar-refractivity contribution < 1.29 is 4.39 Å². The van der Waals surface area contributed by atoms with Crippen molar-refractivity contribution in [3.63, 3.8) is 0 Å². The second kappa shape index (κ2) is 3.41. The average molecular weight is 160 g/mol. The molecule has 0 aromatic heterocycles. The molecule has 58 valence electrons. The molecule has 2 N–H and O–H groups in total. The average Bonchev–Trinajstić information content (AvgIpc) is 2.04. The van der Waals surface area contributed by atoms with Gasteiger partial charge in [0.1, 0.15) is 5.82 Å². The van der Waals surface area contributed by atoms with E-state index in [9.17, 15) is 4.39 Å². The van der Waals surface area contributed by atoms with Gasteiger partial charge in [-0.2, -0.15) is 5.26 Å². The van der Waals surface area contributed by atoms with Crippen LogP contribution in [0.25, 0.3) is 0 Å². The van der Waals surface area contributed by atoms with Crippen molar-refractivity contribution in [3.05, 3.63) is 29.6 Å². The number of halogens is 1. The summed E-state index contributed by atoms with van der Waals surface area (Å²) in [7, 11) is 0. The van der Waals surface area contributed by atoms with Crippen LogP contribution in [0.15, 0.2) is 18.2 Å². The Bertz CT molecular complexity index is 373. The molecule has 1 aromatic rings. The molecular formula is C9H5FN2. The number of anilines is 1. The van der Waals surface area contributed by atoms with Gasteiger partial charge in [0.2, 0.25) is 0 Å². The van der Waals surface area contributed by atoms with Gasteiger partial charge in [-0.25, -0.2) is 4.39 Å². The van der Waals surface area contributed by atoms with Crippen LogP contribution in [-0.2, 0) is 0 Å². The zero-order valence-electron chi connectivity index (χ0n) is 6.13. The fourth-order valence-electron chi connectivity index (χ4n) is 0.763. The van der Waals surface area contributed by atoms with Crippen molar-refractivity contribution in [2.75, 3.05) is 5.73 Å². The molecule has 0 aliphatic heterocycles. The topological polar surface area (TPSA) is 49.8 Å². The maximum absolute atomic E-state index is 12.9. The zero-order valence-corrected chi connectivity index (χ0v) is 6.13. The molecule has 1 rings (SSSR count). The molecule has 0 saturated carbocycles. The predicted molar refractivity (Wildman–Crippen MR) is 43.3 cm³/mol. The summed E-state index contributed by atoms with van der Waals surface area (Å²) >= 11 is 0. The maximum atomic E-state index is 12.9. The van der Waals surface area contributed by atoms with Gasteiger partial charge in [0.05, 0.1) is 11.3 Å². The van der Waals surface area contributed by atoms with Crippen LogP contribution in [0.1, 0.15) is 5.56 Å². The zero-order chi connectivity index (χ0) is 8.97. The van der Waals surface area contributed by atoms with E-state index in [4.69, 9.17) is 11.0 Å². The molecule has 0 spiro atoms. The van der Waals surface area contributed by atoms with E-state index in [2.05, 4.69) is 11.8 Å². The molecule has 0 atom stereocenters. The highest BCUT2D eigenvalue weighted by atomic mass is 19.1. The minimum Gasteiger partial charge on any atom is -0.398 e. The maximum Gasteiger partial charge on any atom is 0.152 e. The summed E-state index contributed by atoms with van der Waals surface area (Å²) in [6, 6.07) is 5.86. The quantitative estimate of drug-likeness (QED) is 0.459. The standard InChI is InChI=1S/C9H5FN2/c10-8-4-1-5-9(12)7(8)3-2-6-11/h1,4-5H,12H2. The Balaban J connectivity index is 3.24. The number of hydrogen-bond acceptors (Lipinski definition) is 2. The third-order valence-electron chi connectivity index (χ3n) is 1.29. The van der Waals surface area contributed by atoms with Gasteiger partial charge in [0.15, 0.2) is 6.07 Å². The fraction of sp³-hybridized carbons (Fsp3) is 0. The Kier molecular flexibility index (Phi) is 2.30. The van der Waals surface area contributed by atoms with E-state index in [1.165, 1.54) is 18.2 Å². The highest BCUT2D eigenvalue weighted by molar-refractivity contribution is 5.57. The van der Waals surface area contributed by atoms with E-state index in [0.717, 1.165) is 0 Å². The van der Waals surface area contributed by atoms with E-state index in [0.29, 0.717) is 0 Å². The molecule has 0 unspecified atom stereocenters. The SMILES string of the molecule is N#CC#Cc1c(N)cccc1F. The van der Waals surface area contributed by atoms with Crippen molar-refractivity contribution in [1.29, 1.82) is 5.26 Å². The summed E-state index contributed by atoms with van der Waals surface area (Å²) in [4.78, 5) is 0. The number of nitrogens with two attached hydrogens (primary N) is 1. The number of nitrogens with zero attached hydrogens (tertiary/aromatic N) is 1. The lowest BCUT2D eigenvalue weighted by molar-refractivity contribution is 0.625. The molecule has 0 saturated heterocycles. The van der Waals surface area contributed by atoms with Crippen LogP contribution in [0, 0.1) is 29.0 Å². The molecule has 0 heterocycles. The first-order chi connectivity index (χ1) is 5.75. The third kappa shape index (κ3) is 1.53. The predicted octanol–water partition coefficient (Wildman–Crippen LogP) is 1.28. The largest absolute Gasteiger partial charge is 0.398 e. The number of nitriles is 1. The minimum absolute atomic E-state index is 0.0825. The van der Waals surface area contributed by atoms with E-state index in [1.807, 2.05) is 0 Å². The first kappa shape index (κ1) is 8.10. The summed E-state index contributed by atoms with van der Waals surface area (Å²) in [6.45, 7) is 0. The Hall–Kier alpha value is -2.00. The minimum atomic E-state index is -0.502. The Labute approximate surface area is 69.4 Å². The monoisotopic (exact) mass is 160 g/mol. The number of benzene rings is 1. The Morgan fingerprint density at radius 3 is 2.75 bits per heavy atom. The molecule has 0 amide bonds. The van der Waals surface area contributed by atoms with Crippen molar-refractivity contribution >= 4 is 5.69 Å². The summed E-state index contributed by atoms with van der Waals surface area (Å²) in [5.41, 5.74) is 5.74. The molecule has 3 heteroatoms. The lowest BCUT2D eigenvalue weighted by Crippen LogP contribution is -1.92. The van der Waals surface area contributed by atoms with E-state index >= 15 is 0 Å². The summed E-state index contributed by atoms with van der Waals surface area (Å²) in [5.74, 6) is 3.90. The third-order valence-corrected chi connectivity index (χ3v) is 1.29. The van der Waals surface area contributed by atoms with E-state index < -0.39 is 5.82 Å². The van der Waals surface area contributed by atoms with Crippen LogP contribution < -0.4 is 5.73 Å². The van der Waals surface area contributed by atoms with Crippen molar-refractivity contribution in [3.8, 4) is 17.9 Å². The molecule has 0 bridgehead atoms. The van der Waals surface area contributed by atoms with Crippen LogP contribution >= 0.6 is 0 Å². The van der Waals surface area contributed by atoms with Crippen LogP contribution in [0.3, 0.4) is 0 Å². The molecule has 0 radical (unpaired) electrons. The van der Waals surface area contributed by atoms with Gasteiger partial charge in [0.25, 0.3) is 0 Å². The number of rotatable bonds is 0.